The SMILES string of the molecule is CCOC(=O)/C(C)=C/CNC(=O)C(NC(=O)C1CCCCN1C(C)CC)C(C)(C)C. The molecule has 30 heavy (non-hydrogen) atoms. The average Bonchev–Trinajstić information content (AvgIpc) is 2.70. The maximum absolute atomic E-state index is 13.1. The van der Waals surface area contributed by atoms with E-state index < -0.39 is 17.4 Å². The third kappa shape index (κ3) is 7.74. The summed E-state index contributed by atoms with van der Waals surface area (Å²) in [4.78, 5) is 39.9. The summed E-state index contributed by atoms with van der Waals surface area (Å²) < 4.78 is 4.94. The Morgan fingerprint density at radius 2 is 1.87 bits per heavy atom. The first-order chi connectivity index (χ1) is 14.0. The third-order valence-electron chi connectivity index (χ3n) is 5.70. The number of esters is 1. The molecule has 1 rings (SSSR count). The van der Waals surface area contributed by atoms with Crippen LogP contribution in [0, 0.1) is 5.41 Å². The van der Waals surface area contributed by atoms with Crippen LogP contribution in [-0.4, -0.2) is 60.5 Å². The van der Waals surface area contributed by atoms with Crippen molar-refractivity contribution in [1.82, 2.24) is 15.5 Å². The second-order valence-electron chi connectivity index (χ2n) is 9.17. The van der Waals surface area contributed by atoms with Crippen LogP contribution in [0.25, 0.3) is 0 Å². The van der Waals surface area contributed by atoms with Gasteiger partial charge in [0.2, 0.25) is 11.8 Å². The van der Waals surface area contributed by atoms with Crippen molar-refractivity contribution >= 4 is 17.8 Å². The number of nitrogens with zero attached hydrogens (tertiary/aromatic N) is 1. The Bertz CT molecular complexity index is 624. The van der Waals surface area contributed by atoms with E-state index in [-0.39, 0.29) is 24.4 Å². The lowest BCUT2D eigenvalue weighted by atomic mass is 9.85. The number of carbonyl (C=O) groups excluding carboxylic acids is 3. The second-order valence-corrected chi connectivity index (χ2v) is 9.17. The van der Waals surface area contributed by atoms with Crippen LogP contribution < -0.4 is 10.6 Å². The molecule has 2 amide bonds. The smallest absolute Gasteiger partial charge is 0.333 e. The summed E-state index contributed by atoms with van der Waals surface area (Å²) in [6.07, 6.45) is 5.55. The summed E-state index contributed by atoms with van der Waals surface area (Å²) >= 11 is 0. The van der Waals surface area contributed by atoms with Crippen LogP contribution in [0.4, 0.5) is 0 Å². The maximum Gasteiger partial charge on any atom is 0.333 e. The second kappa shape index (κ2) is 12.1. The molecule has 3 unspecified atom stereocenters. The number of amides is 2. The molecule has 1 saturated heterocycles. The molecule has 0 bridgehead atoms. The van der Waals surface area contributed by atoms with Crippen molar-refractivity contribution in [3.05, 3.63) is 11.6 Å². The minimum atomic E-state index is -0.665. The Hall–Kier alpha value is -1.89. The Morgan fingerprint density at radius 3 is 2.43 bits per heavy atom. The number of hydrogen-bond donors (Lipinski definition) is 2. The van der Waals surface area contributed by atoms with Crippen molar-refractivity contribution in [3.8, 4) is 0 Å². The Labute approximate surface area is 182 Å². The van der Waals surface area contributed by atoms with Gasteiger partial charge in [-0.2, -0.15) is 0 Å². The topological polar surface area (TPSA) is 87.7 Å². The number of hydrogen-bond acceptors (Lipinski definition) is 5. The van der Waals surface area contributed by atoms with Crippen LogP contribution in [0.3, 0.4) is 0 Å². The zero-order valence-corrected chi connectivity index (χ0v) is 19.8. The van der Waals surface area contributed by atoms with Crippen molar-refractivity contribution in [2.45, 2.75) is 92.3 Å². The summed E-state index contributed by atoms with van der Waals surface area (Å²) in [6.45, 7) is 14.9. The fourth-order valence-corrected chi connectivity index (χ4v) is 3.65. The first-order valence-corrected chi connectivity index (χ1v) is 11.2. The lowest BCUT2D eigenvalue weighted by Crippen LogP contribution is -2.59. The van der Waals surface area contributed by atoms with Gasteiger partial charge in [0.05, 0.1) is 12.6 Å². The first kappa shape index (κ1) is 26.1. The van der Waals surface area contributed by atoms with Gasteiger partial charge < -0.3 is 15.4 Å². The summed E-state index contributed by atoms with van der Waals surface area (Å²) in [6, 6.07) is -0.529. The van der Waals surface area contributed by atoms with Crippen molar-refractivity contribution in [1.29, 1.82) is 0 Å². The molecule has 3 atom stereocenters. The van der Waals surface area contributed by atoms with E-state index in [1.54, 1.807) is 19.9 Å². The zero-order chi connectivity index (χ0) is 22.9. The van der Waals surface area contributed by atoms with Gasteiger partial charge in [-0.25, -0.2) is 4.79 Å². The van der Waals surface area contributed by atoms with E-state index in [1.807, 2.05) is 20.8 Å². The van der Waals surface area contributed by atoms with Crippen molar-refractivity contribution in [2.24, 2.45) is 5.41 Å². The number of nitrogens with one attached hydrogen (secondary N) is 2. The van der Waals surface area contributed by atoms with Crippen molar-refractivity contribution < 1.29 is 19.1 Å². The van der Waals surface area contributed by atoms with Gasteiger partial charge in [0.25, 0.3) is 0 Å². The molecule has 1 fully saturated rings. The molecule has 1 heterocycles. The quantitative estimate of drug-likeness (QED) is 0.440. The van der Waals surface area contributed by atoms with Gasteiger partial charge in [-0.3, -0.25) is 14.5 Å². The number of carbonyl (C=O) groups is 3. The monoisotopic (exact) mass is 423 g/mol. The first-order valence-electron chi connectivity index (χ1n) is 11.2. The summed E-state index contributed by atoms with van der Waals surface area (Å²) in [5, 5.41) is 5.83. The van der Waals surface area contributed by atoms with Crippen LogP contribution in [0.2, 0.25) is 0 Å². The Balaban J connectivity index is 2.81. The zero-order valence-electron chi connectivity index (χ0n) is 19.8. The molecular formula is C23H41N3O4. The highest BCUT2D eigenvalue weighted by atomic mass is 16.5. The lowest BCUT2D eigenvalue weighted by molar-refractivity contribution is -0.138. The van der Waals surface area contributed by atoms with Gasteiger partial charge in [0, 0.05) is 18.2 Å². The molecule has 0 aromatic rings. The molecule has 0 aromatic heterocycles. The fraction of sp³-hybridized carbons (Fsp3) is 0.783. The van der Waals surface area contributed by atoms with Crippen LogP contribution in [0.1, 0.15) is 74.1 Å². The standard InChI is InChI=1S/C23H41N3O4/c1-8-17(4)26-15-11-10-12-18(26)20(27)25-19(23(5,6)7)21(28)24-14-13-16(3)22(29)30-9-2/h13,17-19H,8-12,14-15H2,1-7H3,(H,24,28)(H,25,27)/b16-13+. The number of likely N-dealkylation sites (tertiary alicyclic amines) is 1. The van der Waals surface area contributed by atoms with E-state index in [9.17, 15) is 14.4 Å². The molecule has 7 nitrogen and oxygen atoms in total. The molecular weight excluding hydrogens is 382 g/mol. The van der Waals surface area contributed by atoms with E-state index in [4.69, 9.17) is 4.74 Å². The average molecular weight is 424 g/mol. The van der Waals surface area contributed by atoms with Gasteiger partial charge in [0.1, 0.15) is 6.04 Å². The molecule has 172 valence electrons. The van der Waals surface area contributed by atoms with Gasteiger partial charge in [0.15, 0.2) is 0 Å². The van der Waals surface area contributed by atoms with E-state index in [1.165, 1.54) is 0 Å². The third-order valence-corrected chi connectivity index (χ3v) is 5.70. The Kier molecular flexibility index (Phi) is 10.5. The molecule has 0 radical (unpaired) electrons. The highest BCUT2D eigenvalue weighted by molar-refractivity contribution is 5.91. The summed E-state index contributed by atoms with van der Waals surface area (Å²) in [5.41, 5.74) is -0.00455. The van der Waals surface area contributed by atoms with Crippen LogP contribution in [-0.2, 0) is 19.1 Å². The minimum Gasteiger partial charge on any atom is -0.463 e. The van der Waals surface area contributed by atoms with Gasteiger partial charge >= 0.3 is 5.97 Å². The van der Waals surface area contributed by atoms with Gasteiger partial charge in [-0.1, -0.05) is 40.2 Å². The molecule has 1 aliphatic heterocycles. The molecule has 0 aromatic carbocycles. The number of rotatable bonds is 9. The minimum absolute atomic E-state index is 0.0803. The lowest BCUT2D eigenvalue weighted by Gasteiger charge is -2.40. The Morgan fingerprint density at radius 1 is 1.20 bits per heavy atom. The number of ether oxygens (including phenoxy) is 1. The highest BCUT2D eigenvalue weighted by Crippen LogP contribution is 2.24. The predicted octanol–water partition coefficient (Wildman–Crippen LogP) is 2.80. The van der Waals surface area contributed by atoms with Gasteiger partial charge in [-0.15, -0.1) is 0 Å². The summed E-state index contributed by atoms with van der Waals surface area (Å²) in [7, 11) is 0. The van der Waals surface area contributed by atoms with Crippen LogP contribution in [0.5, 0.6) is 0 Å². The largest absolute Gasteiger partial charge is 0.463 e. The molecule has 0 aliphatic carbocycles. The van der Waals surface area contributed by atoms with Crippen molar-refractivity contribution in [3.63, 3.8) is 0 Å². The summed E-state index contributed by atoms with van der Waals surface area (Å²) in [5.74, 6) is -0.729. The van der Waals surface area contributed by atoms with E-state index in [0.29, 0.717) is 18.2 Å². The van der Waals surface area contributed by atoms with Crippen molar-refractivity contribution in [2.75, 3.05) is 19.7 Å². The van der Waals surface area contributed by atoms with Gasteiger partial charge in [-0.05, 0) is 52.0 Å². The molecule has 2 N–H and O–H groups in total. The molecule has 1 aliphatic rings. The molecule has 7 heteroatoms. The highest BCUT2D eigenvalue weighted by Gasteiger charge is 2.37. The van der Waals surface area contributed by atoms with Crippen LogP contribution in [0.15, 0.2) is 11.6 Å². The van der Waals surface area contributed by atoms with E-state index >= 15 is 0 Å². The fourth-order valence-electron chi connectivity index (χ4n) is 3.65. The molecule has 0 saturated carbocycles. The normalized spacial score (nSPS) is 20.2. The van der Waals surface area contributed by atoms with Crippen LogP contribution >= 0.6 is 0 Å². The molecule has 0 spiro atoms. The van der Waals surface area contributed by atoms with E-state index in [0.717, 1.165) is 32.2 Å². The van der Waals surface area contributed by atoms with E-state index in [2.05, 4.69) is 29.4 Å². The predicted molar refractivity (Wildman–Crippen MR) is 119 cm³/mol. The maximum atomic E-state index is 13.1. The number of piperidine rings is 1.